The van der Waals surface area contributed by atoms with Crippen LogP contribution in [0.3, 0.4) is 0 Å². The lowest BCUT2D eigenvalue weighted by molar-refractivity contribution is 0.167. The minimum absolute atomic E-state index is 0.574. The van der Waals surface area contributed by atoms with Crippen LogP contribution < -0.4 is 0 Å². The molecule has 0 aliphatic carbocycles. The quantitative estimate of drug-likeness (QED) is 0.524. The number of hydrogen-bond acceptors (Lipinski definition) is 1. The Morgan fingerprint density at radius 2 is 2.33 bits per heavy atom. The second-order valence-corrected chi connectivity index (χ2v) is 2.75. The van der Waals surface area contributed by atoms with Crippen molar-refractivity contribution in [2.24, 2.45) is 5.92 Å². The lowest BCUT2D eigenvalue weighted by Crippen LogP contribution is -2.05. The van der Waals surface area contributed by atoms with Crippen molar-refractivity contribution in [3.63, 3.8) is 0 Å². The van der Waals surface area contributed by atoms with Gasteiger partial charge >= 0.3 is 0 Å². The summed E-state index contributed by atoms with van der Waals surface area (Å²) < 4.78 is 5.40. The standard InChI is InChI=1S/C8H14O/c1-7(2)8-5-3-4-6-9-8/h5,7H,3-4,6H2,1-2H3. The van der Waals surface area contributed by atoms with Gasteiger partial charge in [0.2, 0.25) is 0 Å². The molecule has 0 saturated carbocycles. The van der Waals surface area contributed by atoms with E-state index in [0.717, 1.165) is 6.61 Å². The molecule has 1 heterocycles. The lowest BCUT2D eigenvalue weighted by Gasteiger charge is -2.17. The van der Waals surface area contributed by atoms with Gasteiger partial charge < -0.3 is 4.74 Å². The molecule has 1 rings (SSSR count). The molecule has 0 saturated heterocycles. The van der Waals surface area contributed by atoms with E-state index in [4.69, 9.17) is 4.74 Å². The van der Waals surface area contributed by atoms with Crippen LogP contribution in [0.5, 0.6) is 0 Å². The average Bonchev–Trinajstić information content (AvgIpc) is 1.90. The maximum atomic E-state index is 5.40. The lowest BCUT2D eigenvalue weighted by atomic mass is 10.1. The maximum Gasteiger partial charge on any atom is 0.0945 e. The molecular weight excluding hydrogens is 112 g/mol. The third-order valence-corrected chi connectivity index (χ3v) is 1.53. The monoisotopic (exact) mass is 126 g/mol. The summed E-state index contributed by atoms with van der Waals surface area (Å²) in [6, 6.07) is 0. The van der Waals surface area contributed by atoms with Crippen LogP contribution >= 0.6 is 0 Å². The average molecular weight is 126 g/mol. The first-order chi connectivity index (χ1) is 4.30. The third kappa shape index (κ3) is 1.74. The summed E-state index contributed by atoms with van der Waals surface area (Å²) in [6.07, 6.45) is 4.60. The second kappa shape index (κ2) is 2.90. The van der Waals surface area contributed by atoms with Gasteiger partial charge in [0.05, 0.1) is 12.4 Å². The summed E-state index contributed by atoms with van der Waals surface area (Å²) in [5, 5.41) is 0. The van der Waals surface area contributed by atoms with Crippen molar-refractivity contribution >= 4 is 0 Å². The Bertz CT molecular complexity index is 114. The van der Waals surface area contributed by atoms with Crippen LogP contribution in [-0.2, 0) is 4.74 Å². The second-order valence-electron chi connectivity index (χ2n) is 2.75. The van der Waals surface area contributed by atoms with Gasteiger partial charge in [-0.25, -0.2) is 0 Å². The largest absolute Gasteiger partial charge is 0.498 e. The summed E-state index contributed by atoms with van der Waals surface area (Å²) in [5.41, 5.74) is 0. The van der Waals surface area contributed by atoms with Crippen molar-refractivity contribution in [2.45, 2.75) is 26.7 Å². The Kier molecular flexibility index (Phi) is 2.15. The van der Waals surface area contributed by atoms with Crippen molar-refractivity contribution in [3.05, 3.63) is 11.8 Å². The highest BCUT2D eigenvalue weighted by Crippen LogP contribution is 2.16. The van der Waals surface area contributed by atoms with Gasteiger partial charge in [-0.3, -0.25) is 0 Å². The first-order valence-electron chi connectivity index (χ1n) is 3.63. The van der Waals surface area contributed by atoms with Gasteiger partial charge in [-0.05, 0) is 18.9 Å². The summed E-state index contributed by atoms with van der Waals surface area (Å²) in [7, 11) is 0. The molecule has 0 radical (unpaired) electrons. The maximum absolute atomic E-state index is 5.40. The van der Waals surface area contributed by atoms with Crippen LogP contribution in [0.25, 0.3) is 0 Å². The van der Waals surface area contributed by atoms with Crippen molar-refractivity contribution in [1.29, 1.82) is 0 Å². The number of hydrogen-bond donors (Lipinski definition) is 0. The fourth-order valence-electron chi connectivity index (χ4n) is 0.979. The number of ether oxygens (including phenoxy) is 1. The SMILES string of the molecule is CC(C)C1=CCCCO1. The van der Waals surface area contributed by atoms with E-state index in [1.54, 1.807) is 0 Å². The predicted molar refractivity (Wildman–Crippen MR) is 38.1 cm³/mol. The van der Waals surface area contributed by atoms with E-state index in [-0.39, 0.29) is 0 Å². The number of allylic oxidation sites excluding steroid dienone is 2. The van der Waals surface area contributed by atoms with Crippen LogP contribution in [-0.4, -0.2) is 6.61 Å². The van der Waals surface area contributed by atoms with Gasteiger partial charge in [0.1, 0.15) is 0 Å². The van der Waals surface area contributed by atoms with E-state index in [1.165, 1.54) is 18.6 Å². The third-order valence-electron chi connectivity index (χ3n) is 1.53. The summed E-state index contributed by atoms with van der Waals surface area (Å²) >= 11 is 0. The number of rotatable bonds is 1. The zero-order valence-electron chi connectivity index (χ0n) is 6.18. The van der Waals surface area contributed by atoms with Crippen LogP contribution in [0, 0.1) is 5.92 Å². The molecule has 0 fully saturated rings. The molecule has 0 aromatic rings. The molecule has 0 aromatic carbocycles. The van der Waals surface area contributed by atoms with Crippen molar-refractivity contribution < 1.29 is 4.74 Å². The van der Waals surface area contributed by atoms with E-state index in [1.807, 2.05) is 0 Å². The van der Waals surface area contributed by atoms with E-state index >= 15 is 0 Å². The highest BCUT2D eigenvalue weighted by molar-refractivity contribution is 4.98. The highest BCUT2D eigenvalue weighted by atomic mass is 16.5. The normalized spacial score (nSPS) is 19.2. The molecule has 1 heteroatoms. The minimum atomic E-state index is 0.574. The van der Waals surface area contributed by atoms with Gasteiger partial charge in [-0.1, -0.05) is 13.8 Å². The zero-order chi connectivity index (χ0) is 6.69. The molecule has 0 bridgehead atoms. The molecule has 0 unspecified atom stereocenters. The topological polar surface area (TPSA) is 9.23 Å². The van der Waals surface area contributed by atoms with E-state index in [9.17, 15) is 0 Å². The van der Waals surface area contributed by atoms with Gasteiger partial charge in [0.25, 0.3) is 0 Å². The van der Waals surface area contributed by atoms with Crippen LogP contribution in [0.15, 0.2) is 11.8 Å². The predicted octanol–water partition coefficient (Wildman–Crippen LogP) is 2.34. The van der Waals surface area contributed by atoms with E-state index in [0.29, 0.717) is 5.92 Å². The van der Waals surface area contributed by atoms with Gasteiger partial charge in [0.15, 0.2) is 0 Å². The fourth-order valence-corrected chi connectivity index (χ4v) is 0.979. The van der Waals surface area contributed by atoms with E-state index < -0.39 is 0 Å². The van der Waals surface area contributed by atoms with Crippen molar-refractivity contribution in [3.8, 4) is 0 Å². The van der Waals surface area contributed by atoms with E-state index in [2.05, 4.69) is 19.9 Å². The molecular formula is C8H14O. The molecule has 1 nitrogen and oxygen atoms in total. The Hall–Kier alpha value is -0.460. The Balaban J connectivity index is 2.46. The Morgan fingerprint density at radius 3 is 2.67 bits per heavy atom. The van der Waals surface area contributed by atoms with Crippen LogP contribution in [0.4, 0.5) is 0 Å². The van der Waals surface area contributed by atoms with Crippen molar-refractivity contribution in [2.75, 3.05) is 6.61 Å². The molecule has 1 aliphatic rings. The first kappa shape index (κ1) is 6.66. The van der Waals surface area contributed by atoms with Gasteiger partial charge in [-0.15, -0.1) is 0 Å². The minimum Gasteiger partial charge on any atom is -0.498 e. The molecule has 0 N–H and O–H groups in total. The molecule has 0 spiro atoms. The van der Waals surface area contributed by atoms with Crippen LogP contribution in [0.1, 0.15) is 26.7 Å². The zero-order valence-corrected chi connectivity index (χ0v) is 6.18. The molecule has 52 valence electrons. The summed E-state index contributed by atoms with van der Waals surface area (Å²) in [5.74, 6) is 1.76. The highest BCUT2D eigenvalue weighted by Gasteiger charge is 2.06. The Labute approximate surface area is 56.7 Å². The van der Waals surface area contributed by atoms with Gasteiger partial charge in [0, 0.05) is 5.92 Å². The molecule has 1 aliphatic heterocycles. The Morgan fingerprint density at radius 1 is 1.56 bits per heavy atom. The molecule has 0 atom stereocenters. The summed E-state index contributed by atoms with van der Waals surface area (Å²) in [6.45, 7) is 5.25. The molecule has 0 amide bonds. The smallest absolute Gasteiger partial charge is 0.0945 e. The molecule has 0 aromatic heterocycles. The van der Waals surface area contributed by atoms with Crippen LogP contribution in [0.2, 0.25) is 0 Å². The van der Waals surface area contributed by atoms with Gasteiger partial charge in [-0.2, -0.15) is 0 Å². The summed E-state index contributed by atoms with van der Waals surface area (Å²) in [4.78, 5) is 0. The first-order valence-corrected chi connectivity index (χ1v) is 3.63. The molecule has 9 heavy (non-hydrogen) atoms. The van der Waals surface area contributed by atoms with Crippen molar-refractivity contribution in [1.82, 2.24) is 0 Å². The fraction of sp³-hybridized carbons (Fsp3) is 0.750.